The van der Waals surface area contributed by atoms with Crippen LogP contribution >= 0.6 is 0 Å². The molecule has 1 rings (SSSR count). The largest absolute Gasteiger partial charge is 0.383 e. The van der Waals surface area contributed by atoms with Crippen LogP contribution in [-0.4, -0.2) is 49.8 Å². The van der Waals surface area contributed by atoms with Gasteiger partial charge in [0.25, 0.3) is 0 Å². The maximum Gasteiger partial charge on any atom is 0.0589 e. The van der Waals surface area contributed by atoms with Gasteiger partial charge in [0.05, 0.1) is 6.61 Å². The van der Waals surface area contributed by atoms with E-state index in [4.69, 9.17) is 4.74 Å². The topological polar surface area (TPSA) is 24.5 Å². The Morgan fingerprint density at radius 2 is 1.95 bits per heavy atom. The number of ether oxygens (including phenoxy) is 1. The Hall–Kier alpha value is -0.120. The lowest BCUT2D eigenvalue weighted by Crippen LogP contribution is -2.53. The third-order valence-electron chi connectivity index (χ3n) is 4.58. The summed E-state index contributed by atoms with van der Waals surface area (Å²) in [5, 5.41) is 3.71. The molecule has 1 aliphatic carbocycles. The fraction of sp³-hybridized carbons (Fsp3) is 1.00. The molecule has 1 saturated carbocycles. The summed E-state index contributed by atoms with van der Waals surface area (Å²) in [4.78, 5) is 2.66. The van der Waals surface area contributed by atoms with Crippen LogP contribution in [0.15, 0.2) is 0 Å². The van der Waals surface area contributed by atoms with E-state index in [2.05, 4.69) is 37.9 Å². The lowest BCUT2D eigenvalue weighted by atomic mass is 10.0. The molecule has 3 unspecified atom stereocenters. The molecule has 1 aliphatic rings. The molecule has 3 atom stereocenters. The van der Waals surface area contributed by atoms with E-state index in [1.807, 2.05) is 0 Å². The first kappa shape index (κ1) is 16.9. The van der Waals surface area contributed by atoms with E-state index < -0.39 is 0 Å². The smallest absolute Gasteiger partial charge is 0.0589 e. The highest BCUT2D eigenvalue weighted by Crippen LogP contribution is 2.36. The summed E-state index contributed by atoms with van der Waals surface area (Å²) in [6.07, 6.45) is 5.23. The number of rotatable bonds is 11. The molecule has 3 nitrogen and oxygen atoms in total. The Bertz CT molecular complexity index is 231. The van der Waals surface area contributed by atoms with Gasteiger partial charge in [-0.25, -0.2) is 0 Å². The van der Waals surface area contributed by atoms with Gasteiger partial charge in [0, 0.05) is 31.8 Å². The molecule has 0 aromatic rings. The summed E-state index contributed by atoms with van der Waals surface area (Å²) < 4.78 is 5.31. The van der Waals surface area contributed by atoms with Crippen molar-refractivity contribution >= 4 is 0 Å². The molecular weight excluding hydrogens is 236 g/mol. The van der Waals surface area contributed by atoms with Gasteiger partial charge in [-0.15, -0.1) is 0 Å². The average molecular weight is 270 g/mol. The lowest BCUT2D eigenvalue weighted by molar-refractivity contribution is 0.0705. The van der Waals surface area contributed by atoms with Crippen molar-refractivity contribution in [3.63, 3.8) is 0 Å². The first-order valence-electron chi connectivity index (χ1n) is 8.13. The fourth-order valence-electron chi connectivity index (χ4n) is 3.04. The predicted molar refractivity (Wildman–Crippen MR) is 82.6 cm³/mol. The maximum atomic E-state index is 5.31. The second kappa shape index (κ2) is 8.93. The summed E-state index contributed by atoms with van der Waals surface area (Å²) in [7, 11) is 1.80. The SMILES string of the molecule is CCCNC(CC)C(C)N(CCOC)C(C)C1CC1. The highest BCUT2D eigenvalue weighted by Gasteiger charge is 2.35. The fourth-order valence-corrected chi connectivity index (χ4v) is 3.04. The van der Waals surface area contributed by atoms with Crippen molar-refractivity contribution in [2.24, 2.45) is 5.92 Å². The number of hydrogen-bond donors (Lipinski definition) is 1. The van der Waals surface area contributed by atoms with Crippen LogP contribution in [0.1, 0.15) is 53.4 Å². The predicted octanol–water partition coefficient (Wildman–Crippen LogP) is 2.90. The van der Waals surface area contributed by atoms with Gasteiger partial charge in [-0.2, -0.15) is 0 Å². The van der Waals surface area contributed by atoms with Crippen LogP contribution in [0.2, 0.25) is 0 Å². The summed E-state index contributed by atoms with van der Waals surface area (Å²) in [5.41, 5.74) is 0. The summed E-state index contributed by atoms with van der Waals surface area (Å²) in [5.74, 6) is 0.919. The Morgan fingerprint density at radius 1 is 1.26 bits per heavy atom. The van der Waals surface area contributed by atoms with Gasteiger partial charge < -0.3 is 10.1 Å². The van der Waals surface area contributed by atoms with Gasteiger partial charge in [-0.05, 0) is 52.0 Å². The first-order valence-corrected chi connectivity index (χ1v) is 8.13. The number of methoxy groups -OCH3 is 1. The van der Waals surface area contributed by atoms with Gasteiger partial charge in [-0.1, -0.05) is 13.8 Å². The van der Waals surface area contributed by atoms with Crippen molar-refractivity contribution in [2.45, 2.75) is 71.5 Å². The van der Waals surface area contributed by atoms with Crippen LogP contribution in [0.4, 0.5) is 0 Å². The molecule has 0 heterocycles. The minimum Gasteiger partial charge on any atom is -0.383 e. The molecular formula is C16H34N2O. The van der Waals surface area contributed by atoms with Gasteiger partial charge in [0.1, 0.15) is 0 Å². The molecule has 19 heavy (non-hydrogen) atoms. The number of nitrogens with zero attached hydrogens (tertiary/aromatic N) is 1. The van der Waals surface area contributed by atoms with E-state index in [1.54, 1.807) is 7.11 Å². The number of nitrogens with one attached hydrogen (secondary N) is 1. The second-order valence-electron chi connectivity index (χ2n) is 6.02. The van der Waals surface area contributed by atoms with E-state index >= 15 is 0 Å². The van der Waals surface area contributed by atoms with Crippen LogP contribution in [-0.2, 0) is 4.74 Å². The molecule has 0 aromatic carbocycles. The van der Waals surface area contributed by atoms with E-state index in [0.717, 1.165) is 25.6 Å². The standard InChI is InChI=1S/C16H34N2O/c1-6-10-17-16(7-2)14(4)18(11-12-19-5)13(3)15-8-9-15/h13-17H,6-12H2,1-5H3. The molecule has 0 spiro atoms. The maximum absolute atomic E-state index is 5.31. The van der Waals surface area contributed by atoms with E-state index in [-0.39, 0.29) is 0 Å². The quantitative estimate of drug-likeness (QED) is 0.625. The normalized spacial score (nSPS) is 20.5. The van der Waals surface area contributed by atoms with Crippen LogP contribution in [0, 0.1) is 5.92 Å². The third-order valence-corrected chi connectivity index (χ3v) is 4.58. The van der Waals surface area contributed by atoms with E-state index in [9.17, 15) is 0 Å². The molecule has 3 heteroatoms. The molecule has 0 bridgehead atoms. The van der Waals surface area contributed by atoms with Crippen LogP contribution < -0.4 is 5.32 Å². The van der Waals surface area contributed by atoms with Gasteiger partial charge in [-0.3, -0.25) is 4.90 Å². The molecule has 0 aromatic heterocycles. The van der Waals surface area contributed by atoms with E-state index in [1.165, 1.54) is 25.7 Å². The van der Waals surface area contributed by atoms with Gasteiger partial charge in [0.15, 0.2) is 0 Å². The third kappa shape index (κ3) is 5.41. The van der Waals surface area contributed by atoms with E-state index in [0.29, 0.717) is 18.1 Å². The summed E-state index contributed by atoms with van der Waals surface area (Å²) in [6, 6.07) is 1.88. The Morgan fingerprint density at radius 3 is 2.42 bits per heavy atom. The minimum atomic E-state index is 0.585. The Labute approximate surface area is 120 Å². The summed E-state index contributed by atoms with van der Waals surface area (Å²) in [6.45, 7) is 12.3. The van der Waals surface area contributed by atoms with Crippen molar-refractivity contribution in [1.82, 2.24) is 10.2 Å². The molecule has 114 valence electrons. The first-order chi connectivity index (χ1) is 9.15. The second-order valence-corrected chi connectivity index (χ2v) is 6.02. The van der Waals surface area contributed by atoms with Crippen LogP contribution in [0.5, 0.6) is 0 Å². The highest BCUT2D eigenvalue weighted by atomic mass is 16.5. The van der Waals surface area contributed by atoms with Crippen molar-refractivity contribution in [3.8, 4) is 0 Å². The molecule has 1 N–H and O–H groups in total. The zero-order valence-electron chi connectivity index (χ0n) is 13.6. The molecule has 0 saturated heterocycles. The Kier molecular flexibility index (Phi) is 7.96. The zero-order chi connectivity index (χ0) is 14.3. The van der Waals surface area contributed by atoms with Crippen molar-refractivity contribution in [1.29, 1.82) is 0 Å². The minimum absolute atomic E-state index is 0.585. The molecule has 0 amide bonds. The lowest BCUT2D eigenvalue weighted by Gasteiger charge is -2.39. The molecule has 1 fully saturated rings. The molecule has 0 aliphatic heterocycles. The zero-order valence-corrected chi connectivity index (χ0v) is 13.6. The average Bonchev–Trinajstić information content (AvgIpc) is 3.24. The van der Waals surface area contributed by atoms with Crippen molar-refractivity contribution in [3.05, 3.63) is 0 Å². The molecule has 0 radical (unpaired) electrons. The van der Waals surface area contributed by atoms with Crippen LogP contribution in [0.3, 0.4) is 0 Å². The van der Waals surface area contributed by atoms with Gasteiger partial charge >= 0.3 is 0 Å². The van der Waals surface area contributed by atoms with Gasteiger partial charge in [0.2, 0.25) is 0 Å². The van der Waals surface area contributed by atoms with Crippen LogP contribution in [0.25, 0.3) is 0 Å². The van der Waals surface area contributed by atoms with Crippen molar-refractivity contribution in [2.75, 3.05) is 26.8 Å². The number of hydrogen-bond acceptors (Lipinski definition) is 3. The monoisotopic (exact) mass is 270 g/mol. The summed E-state index contributed by atoms with van der Waals surface area (Å²) >= 11 is 0. The highest BCUT2D eigenvalue weighted by molar-refractivity contribution is 4.90. The Balaban J connectivity index is 2.58. The van der Waals surface area contributed by atoms with Crippen molar-refractivity contribution < 1.29 is 4.74 Å².